The van der Waals surface area contributed by atoms with E-state index in [0.29, 0.717) is 0 Å². The van der Waals surface area contributed by atoms with E-state index in [2.05, 4.69) is 4.72 Å². The van der Waals surface area contributed by atoms with E-state index in [-0.39, 0.29) is 11.3 Å². The monoisotopic (exact) mass is 203 g/mol. The molecule has 1 unspecified atom stereocenters. The molecule has 0 bridgehead atoms. The average Bonchev–Trinajstić information content (AvgIpc) is 2.05. The Morgan fingerprint density at radius 1 is 1.46 bits per heavy atom. The van der Waals surface area contributed by atoms with Crippen LogP contribution in [0.4, 0.5) is 0 Å². The van der Waals surface area contributed by atoms with Crippen LogP contribution in [0.3, 0.4) is 0 Å². The SMILES string of the molecule is CC(C)S(=O)(=O)NC1C=CCCC1. The summed E-state index contributed by atoms with van der Waals surface area (Å²) in [7, 11) is -3.10. The molecule has 0 amide bonds. The number of hydrogen-bond acceptors (Lipinski definition) is 2. The van der Waals surface area contributed by atoms with E-state index < -0.39 is 10.0 Å². The van der Waals surface area contributed by atoms with Gasteiger partial charge in [0.1, 0.15) is 0 Å². The fourth-order valence-electron chi connectivity index (χ4n) is 1.26. The van der Waals surface area contributed by atoms with Gasteiger partial charge in [0.25, 0.3) is 0 Å². The maximum absolute atomic E-state index is 11.5. The summed E-state index contributed by atoms with van der Waals surface area (Å²) in [5.74, 6) is 0. The Balaban J connectivity index is 2.57. The number of sulfonamides is 1. The molecule has 0 saturated heterocycles. The molecule has 1 aliphatic carbocycles. The highest BCUT2D eigenvalue weighted by atomic mass is 32.2. The predicted octanol–water partition coefficient (Wildman–Crippen LogP) is 1.42. The first kappa shape index (κ1) is 10.7. The number of nitrogens with one attached hydrogen (secondary N) is 1. The van der Waals surface area contributed by atoms with E-state index in [9.17, 15) is 8.42 Å². The molecular weight excluding hydrogens is 186 g/mol. The molecule has 0 aromatic heterocycles. The van der Waals surface area contributed by atoms with Crippen LogP contribution in [0, 0.1) is 0 Å². The third-order valence-corrected chi connectivity index (χ3v) is 4.06. The lowest BCUT2D eigenvalue weighted by Crippen LogP contribution is -2.38. The fraction of sp³-hybridized carbons (Fsp3) is 0.778. The molecule has 3 nitrogen and oxygen atoms in total. The maximum Gasteiger partial charge on any atom is 0.214 e. The Morgan fingerprint density at radius 3 is 2.62 bits per heavy atom. The number of rotatable bonds is 3. The lowest BCUT2D eigenvalue weighted by atomic mass is 10.0. The van der Waals surface area contributed by atoms with Gasteiger partial charge in [-0.25, -0.2) is 13.1 Å². The van der Waals surface area contributed by atoms with Gasteiger partial charge in [-0.1, -0.05) is 12.2 Å². The molecular formula is C9H17NO2S. The van der Waals surface area contributed by atoms with Crippen molar-refractivity contribution in [2.45, 2.75) is 44.4 Å². The summed E-state index contributed by atoms with van der Waals surface area (Å²) in [5, 5.41) is -0.345. The lowest BCUT2D eigenvalue weighted by Gasteiger charge is -2.19. The first-order valence-corrected chi connectivity index (χ1v) is 6.25. The van der Waals surface area contributed by atoms with Gasteiger partial charge in [-0.3, -0.25) is 0 Å². The quantitative estimate of drug-likeness (QED) is 0.705. The van der Waals surface area contributed by atoms with Crippen LogP contribution >= 0.6 is 0 Å². The lowest BCUT2D eigenvalue weighted by molar-refractivity contribution is 0.542. The third-order valence-electron chi connectivity index (χ3n) is 2.19. The third kappa shape index (κ3) is 3.12. The van der Waals surface area contributed by atoms with E-state index in [1.54, 1.807) is 13.8 Å². The number of hydrogen-bond donors (Lipinski definition) is 1. The first-order chi connectivity index (χ1) is 6.02. The van der Waals surface area contributed by atoms with Crippen LogP contribution in [0.2, 0.25) is 0 Å². The van der Waals surface area contributed by atoms with Gasteiger partial charge in [0, 0.05) is 6.04 Å². The molecule has 0 fully saturated rings. The van der Waals surface area contributed by atoms with E-state index >= 15 is 0 Å². The van der Waals surface area contributed by atoms with Crippen LogP contribution in [0.15, 0.2) is 12.2 Å². The van der Waals surface area contributed by atoms with Crippen LogP contribution in [0.1, 0.15) is 33.1 Å². The minimum atomic E-state index is -3.10. The molecule has 13 heavy (non-hydrogen) atoms. The molecule has 0 radical (unpaired) electrons. The maximum atomic E-state index is 11.5. The van der Waals surface area contributed by atoms with Crippen molar-refractivity contribution in [1.29, 1.82) is 0 Å². The van der Waals surface area contributed by atoms with Gasteiger partial charge in [-0.05, 0) is 33.1 Å². The van der Waals surface area contributed by atoms with Gasteiger partial charge in [0.2, 0.25) is 10.0 Å². The summed E-state index contributed by atoms with van der Waals surface area (Å²) in [5.41, 5.74) is 0. The zero-order valence-electron chi connectivity index (χ0n) is 8.16. The summed E-state index contributed by atoms with van der Waals surface area (Å²) in [6.07, 6.45) is 7.05. The Kier molecular flexibility index (Phi) is 3.50. The minimum Gasteiger partial charge on any atom is -0.212 e. The highest BCUT2D eigenvalue weighted by molar-refractivity contribution is 7.90. The molecule has 0 heterocycles. The second-order valence-corrected chi connectivity index (χ2v) is 5.95. The van der Waals surface area contributed by atoms with Crippen molar-refractivity contribution >= 4 is 10.0 Å². The topological polar surface area (TPSA) is 46.2 Å². The van der Waals surface area contributed by atoms with E-state index in [4.69, 9.17) is 0 Å². The summed E-state index contributed by atoms with van der Waals surface area (Å²) >= 11 is 0. The van der Waals surface area contributed by atoms with E-state index in [0.717, 1.165) is 19.3 Å². The summed E-state index contributed by atoms with van der Waals surface area (Å²) < 4.78 is 25.6. The molecule has 0 spiro atoms. The Labute approximate surface area is 80.3 Å². The van der Waals surface area contributed by atoms with Gasteiger partial charge < -0.3 is 0 Å². The Bertz CT molecular complexity index is 280. The van der Waals surface area contributed by atoms with Crippen LogP contribution in [-0.4, -0.2) is 19.7 Å². The zero-order valence-corrected chi connectivity index (χ0v) is 8.97. The molecule has 76 valence electrons. The average molecular weight is 203 g/mol. The summed E-state index contributed by atoms with van der Waals surface area (Å²) in [6, 6.07) is 0.0150. The van der Waals surface area contributed by atoms with E-state index in [1.807, 2.05) is 12.2 Å². The summed E-state index contributed by atoms with van der Waals surface area (Å²) in [4.78, 5) is 0. The van der Waals surface area contributed by atoms with Crippen molar-refractivity contribution in [1.82, 2.24) is 4.72 Å². The van der Waals surface area contributed by atoms with Crippen LogP contribution in [-0.2, 0) is 10.0 Å². The van der Waals surface area contributed by atoms with E-state index in [1.165, 1.54) is 0 Å². The van der Waals surface area contributed by atoms with Gasteiger partial charge >= 0.3 is 0 Å². The van der Waals surface area contributed by atoms with Crippen molar-refractivity contribution in [2.24, 2.45) is 0 Å². The van der Waals surface area contributed by atoms with Crippen molar-refractivity contribution < 1.29 is 8.42 Å². The Morgan fingerprint density at radius 2 is 2.15 bits per heavy atom. The summed E-state index contributed by atoms with van der Waals surface area (Å²) in [6.45, 7) is 3.38. The van der Waals surface area contributed by atoms with Gasteiger partial charge in [-0.15, -0.1) is 0 Å². The van der Waals surface area contributed by atoms with Gasteiger partial charge in [-0.2, -0.15) is 0 Å². The molecule has 0 saturated carbocycles. The Hall–Kier alpha value is -0.350. The normalized spacial score (nSPS) is 23.8. The number of allylic oxidation sites excluding steroid dienone is 1. The molecule has 1 aliphatic rings. The van der Waals surface area contributed by atoms with Crippen LogP contribution in [0.5, 0.6) is 0 Å². The smallest absolute Gasteiger partial charge is 0.212 e. The fourth-order valence-corrected chi connectivity index (χ4v) is 2.15. The molecule has 0 aliphatic heterocycles. The van der Waals surface area contributed by atoms with Gasteiger partial charge in [0.05, 0.1) is 5.25 Å². The minimum absolute atomic E-state index is 0.0150. The largest absolute Gasteiger partial charge is 0.214 e. The molecule has 1 atom stereocenters. The second kappa shape index (κ2) is 4.24. The molecule has 1 rings (SSSR count). The molecule has 0 aromatic rings. The van der Waals surface area contributed by atoms with Crippen molar-refractivity contribution in [2.75, 3.05) is 0 Å². The van der Waals surface area contributed by atoms with Gasteiger partial charge in [0.15, 0.2) is 0 Å². The second-order valence-electron chi connectivity index (χ2n) is 3.68. The molecule has 1 N–H and O–H groups in total. The van der Waals surface area contributed by atoms with Crippen LogP contribution < -0.4 is 4.72 Å². The van der Waals surface area contributed by atoms with Crippen molar-refractivity contribution in [3.8, 4) is 0 Å². The van der Waals surface area contributed by atoms with Crippen LogP contribution in [0.25, 0.3) is 0 Å². The molecule has 0 aromatic carbocycles. The standard InChI is InChI=1S/C9H17NO2S/c1-8(2)13(11,12)10-9-6-4-3-5-7-9/h4,6,8-10H,3,5,7H2,1-2H3. The zero-order chi connectivity index (χ0) is 9.90. The highest BCUT2D eigenvalue weighted by Gasteiger charge is 2.20. The molecule has 4 heteroatoms. The highest BCUT2D eigenvalue weighted by Crippen LogP contribution is 2.12. The van der Waals surface area contributed by atoms with Crippen molar-refractivity contribution in [3.63, 3.8) is 0 Å². The first-order valence-electron chi connectivity index (χ1n) is 4.70. The predicted molar refractivity (Wildman–Crippen MR) is 54.0 cm³/mol. The van der Waals surface area contributed by atoms with Crippen molar-refractivity contribution in [3.05, 3.63) is 12.2 Å².